The Bertz CT molecular complexity index is 1990. The second kappa shape index (κ2) is 12.2. The van der Waals surface area contributed by atoms with Crippen LogP contribution in [-0.2, 0) is 12.7 Å². The van der Waals surface area contributed by atoms with Gasteiger partial charge in [-0.3, -0.25) is 4.57 Å². The van der Waals surface area contributed by atoms with Crippen LogP contribution >= 0.6 is 0 Å². The van der Waals surface area contributed by atoms with Gasteiger partial charge in [0.05, 0.1) is 68.3 Å². The van der Waals surface area contributed by atoms with Crippen LogP contribution in [0.4, 0.5) is 23.7 Å². The molecule has 1 N–H and O–H groups in total. The minimum atomic E-state index is -4.64. The van der Waals surface area contributed by atoms with E-state index in [4.69, 9.17) is 6.57 Å². The molecule has 3 aromatic carbocycles. The molecule has 0 bridgehead atoms. The number of carbonyl (C=O) groups is 1. The fourth-order valence-corrected chi connectivity index (χ4v) is 5.37. The molecule has 46 heavy (non-hydrogen) atoms. The van der Waals surface area contributed by atoms with E-state index < -0.39 is 29.5 Å². The van der Waals surface area contributed by atoms with E-state index in [0.29, 0.717) is 17.1 Å². The predicted molar refractivity (Wildman–Crippen MR) is 169 cm³/mol. The van der Waals surface area contributed by atoms with E-state index in [0.717, 1.165) is 43.4 Å². The number of alkyl halides is 3. The molecule has 12 heteroatoms. The van der Waals surface area contributed by atoms with Crippen molar-refractivity contribution in [2.75, 3.05) is 21.1 Å². The number of nitrogens with one attached hydrogen (secondary N) is 1. The third-order valence-corrected chi connectivity index (χ3v) is 7.50. The zero-order chi connectivity index (χ0) is 33.4. The largest absolute Gasteiger partial charge is 0.416 e. The smallest absolute Gasteiger partial charge is 0.331 e. The molecule has 5 rings (SSSR count). The number of benzene rings is 3. The van der Waals surface area contributed by atoms with Crippen LogP contribution in [0.3, 0.4) is 0 Å². The molecule has 0 aliphatic rings. The number of nitrogens with zero attached hydrogens (tertiary/aromatic N) is 6. The Balaban J connectivity index is 1.62. The summed E-state index contributed by atoms with van der Waals surface area (Å²) in [5.74, 6) is 0. The summed E-state index contributed by atoms with van der Waals surface area (Å²) in [4.78, 5) is 31.4. The van der Waals surface area contributed by atoms with Crippen LogP contribution in [0, 0.1) is 13.5 Å². The van der Waals surface area contributed by atoms with Crippen LogP contribution in [-0.4, -0.2) is 50.6 Å². The Kier molecular flexibility index (Phi) is 8.47. The van der Waals surface area contributed by atoms with Crippen molar-refractivity contribution < 1.29 is 22.4 Å². The van der Waals surface area contributed by atoms with Crippen molar-refractivity contribution in [1.82, 2.24) is 24.2 Å². The van der Waals surface area contributed by atoms with Crippen LogP contribution < -0.4 is 11.0 Å². The van der Waals surface area contributed by atoms with Crippen molar-refractivity contribution in [2.45, 2.75) is 32.6 Å². The average Bonchev–Trinajstić information content (AvgIpc) is 3.58. The molecule has 236 valence electrons. The van der Waals surface area contributed by atoms with Crippen molar-refractivity contribution in [1.29, 1.82) is 0 Å². The van der Waals surface area contributed by atoms with Gasteiger partial charge < -0.3 is 9.80 Å². The molecule has 0 aliphatic carbocycles. The van der Waals surface area contributed by atoms with Gasteiger partial charge in [0.1, 0.15) is 12.2 Å². The Labute approximate surface area is 264 Å². The quantitative estimate of drug-likeness (QED) is 0.158. The lowest BCUT2D eigenvalue weighted by molar-refractivity contribution is -0.884. The highest BCUT2D eigenvalue weighted by Gasteiger charge is 2.32. The molecule has 2 aromatic heterocycles. The van der Waals surface area contributed by atoms with Crippen molar-refractivity contribution in [2.24, 2.45) is 0 Å². The summed E-state index contributed by atoms with van der Waals surface area (Å²) >= 11 is 0. The highest BCUT2D eigenvalue weighted by Crippen LogP contribution is 2.32. The van der Waals surface area contributed by atoms with Gasteiger partial charge >= 0.3 is 17.9 Å². The normalized spacial score (nSPS) is 12.5. The molecule has 5 aromatic rings. The van der Waals surface area contributed by atoms with E-state index in [2.05, 4.69) is 36.4 Å². The lowest BCUT2D eigenvalue weighted by Crippen LogP contribution is -2.38. The van der Waals surface area contributed by atoms with Gasteiger partial charge in [0, 0.05) is 5.56 Å². The summed E-state index contributed by atoms with van der Waals surface area (Å²) < 4.78 is 45.2. The number of aromatic nitrogens is 4. The molecule has 0 saturated carbocycles. The van der Waals surface area contributed by atoms with Crippen LogP contribution in [0.15, 0.2) is 89.9 Å². The zero-order valence-corrected chi connectivity index (χ0v) is 26.0. The summed E-state index contributed by atoms with van der Waals surface area (Å²) in [7, 11) is 6.27. The van der Waals surface area contributed by atoms with Crippen molar-refractivity contribution in [3.8, 4) is 22.8 Å². The Hall–Kier alpha value is -5.41. The van der Waals surface area contributed by atoms with Gasteiger partial charge in [-0.05, 0) is 55.8 Å². The first-order chi connectivity index (χ1) is 21.7. The van der Waals surface area contributed by atoms with Gasteiger partial charge in [-0.25, -0.2) is 23.7 Å². The zero-order valence-electron chi connectivity index (χ0n) is 26.0. The van der Waals surface area contributed by atoms with E-state index >= 15 is 0 Å². The fraction of sp³-hybridized carbons (Fsp3) is 0.235. The van der Waals surface area contributed by atoms with Crippen LogP contribution in [0.25, 0.3) is 27.6 Å². The van der Waals surface area contributed by atoms with Crippen molar-refractivity contribution >= 4 is 11.7 Å². The summed E-state index contributed by atoms with van der Waals surface area (Å²) in [5, 5.41) is 7.28. The number of hydrogen-bond acceptors (Lipinski definition) is 3. The summed E-state index contributed by atoms with van der Waals surface area (Å²) in [6, 6.07) is 19.1. The molecule has 0 spiro atoms. The minimum Gasteiger partial charge on any atom is -0.331 e. The predicted octanol–water partition coefficient (Wildman–Crippen LogP) is 6.89. The third kappa shape index (κ3) is 6.50. The number of imidazole rings is 1. The van der Waals surface area contributed by atoms with E-state index in [9.17, 15) is 22.8 Å². The number of hydrogen-bond donors (Lipinski definition) is 1. The number of rotatable bonds is 7. The number of quaternary nitrogens is 1. The van der Waals surface area contributed by atoms with Crippen molar-refractivity contribution in [3.05, 3.63) is 129 Å². The number of carbonyl (C=O) groups excluding carboxylic acids is 1. The lowest BCUT2D eigenvalue weighted by Gasteiger charge is -2.24. The maximum absolute atomic E-state index is 14.1. The Morgan fingerprint density at radius 2 is 1.67 bits per heavy atom. The van der Waals surface area contributed by atoms with Gasteiger partial charge in [0.15, 0.2) is 5.69 Å². The Morgan fingerprint density at radius 3 is 2.28 bits per heavy atom. The lowest BCUT2D eigenvalue weighted by atomic mass is 10.1. The molecule has 2 heterocycles. The first-order valence-corrected chi connectivity index (χ1v) is 14.4. The first-order valence-electron chi connectivity index (χ1n) is 14.4. The number of amides is 1. The van der Waals surface area contributed by atoms with E-state index in [1.165, 1.54) is 23.0 Å². The fourth-order valence-electron chi connectivity index (χ4n) is 5.37. The van der Waals surface area contributed by atoms with Gasteiger partial charge in [-0.2, -0.15) is 18.3 Å². The molecule has 0 radical (unpaired) electrons. The SMILES string of the molecule is [C-]#[N+]c1ccc(-n2nccc2-c2c(C)n(-c3cccc(C(F)(F)F)c3)c(=O)n2C(=O)N[C@@H](C)c2ccc(C[N+](C)(C)C)cc2)cc1. The van der Waals surface area contributed by atoms with E-state index in [-0.39, 0.29) is 17.1 Å². The topological polar surface area (TPSA) is 78.2 Å². The molecule has 0 aliphatic heterocycles. The molecule has 1 amide bonds. The van der Waals surface area contributed by atoms with Gasteiger partial charge in [-0.15, -0.1) is 0 Å². The first kappa shape index (κ1) is 32.0. The maximum Gasteiger partial charge on any atom is 0.416 e. The van der Waals surface area contributed by atoms with Crippen LogP contribution in [0.2, 0.25) is 0 Å². The van der Waals surface area contributed by atoms with Crippen LogP contribution in [0.1, 0.15) is 35.3 Å². The average molecular weight is 629 g/mol. The molecule has 0 fully saturated rings. The van der Waals surface area contributed by atoms with E-state index in [1.807, 2.05) is 24.3 Å². The maximum atomic E-state index is 14.1. The van der Waals surface area contributed by atoms with Gasteiger partial charge in [-0.1, -0.05) is 42.5 Å². The Morgan fingerprint density at radius 1 is 1.00 bits per heavy atom. The second-order valence-electron chi connectivity index (χ2n) is 12.1. The molecular weight excluding hydrogens is 595 g/mol. The highest BCUT2D eigenvalue weighted by molar-refractivity contribution is 5.83. The van der Waals surface area contributed by atoms with E-state index in [1.54, 1.807) is 44.2 Å². The second-order valence-corrected chi connectivity index (χ2v) is 12.1. The standard InChI is InChI=1S/C34H32F3N7O2/c1-22(25-12-10-24(11-13-25)21-44(4,5)6)40-32(45)42-31(30-18-19-39-43(30)28-16-14-27(38-3)15-17-28)23(2)41(33(42)46)29-9-7-8-26(20-29)34(35,36)37/h7-20,22H,21H2,1-2,4-6H3/p+1/t22-/m0/s1. The molecule has 0 saturated heterocycles. The molecular formula is C34H33F3N7O2+. The monoisotopic (exact) mass is 628 g/mol. The summed E-state index contributed by atoms with van der Waals surface area (Å²) in [6.07, 6.45) is -3.14. The number of halogens is 3. The van der Waals surface area contributed by atoms with Crippen LogP contribution in [0.5, 0.6) is 0 Å². The molecule has 0 unspecified atom stereocenters. The molecule has 9 nitrogen and oxygen atoms in total. The minimum absolute atomic E-state index is 0.0431. The van der Waals surface area contributed by atoms with Gasteiger partial charge in [0.2, 0.25) is 0 Å². The molecule has 1 atom stereocenters. The summed E-state index contributed by atoms with van der Waals surface area (Å²) in [5.41, 5.74) is 1.83. The highest BCUT2D eigenvalue weighted by atomic mass is 19.4. The third-order valence-electron chi connectivity index (χ3n) is 7.50. The summed E-state index contributed by atoms with van der Waals surface area (Å²) in [6.45, 7) is 11.4. The van der Waals surface area contributed by atoms with Crippen molar-refractivity contribution in [3.63, 3.8) is 0 Å². The van der Waals surface area contributed by atoms with Gasteiger partial charge in [0.25, 0.3) is 0 Å².